The van der Waals surface area contributed by atoms with Gasteiger partial charge in [0.2, 0.25) is 5.91 Å². The van der Waals surface area contributed by atoms with Gasteiger partial charge in [-0.2, -0.15) is 0 Å². The molecule has 2 N–H and O–H groups in total. The Morgan fingerprint density at radius 3 is 2.72 bits per heavy atom. The summed E-state index contributed by atoms with van der Waals surface area (Å²) in [5.41, 5.74) is 1.59. The molecule has 2 amide bonds. The summed E-state index contributed by atoms with van der Waals surface area (Å²) in [6.07, 6.45) is 1.15. The molecule has 1 heterocycles. The van der Waals surface area contributed by atoms with Gasteiger partial charge in [-0.25, -0.2) is 0 Å². The van der Waals surface area contributed by atoms with E-state index >= 15 is 0 Å². The van der Waals surface area contributed by atoms with E-state index in [0.29, 0.717) is 10.6 Å². The molecule has 0 radical (unpaired) electrons. The van der Waals surface area contributed by atoms with Gasteiger partial charge >= 0.3 is 0 Å². The molecule has 0 aromatic heterocycles. The van der Waals surface area contributed by atoms with Crippen molar-refractivity contribution in [2.24, 2.45) is 0 Å². The van der Waals surface area contributed by atoms with Crippen molar-refractivity contribution in [3.8, 4) is 0 Å². The first kappa shape index (κ1) is 17.8. The maximum atomic E-state index is 12.2. The molecule has 1 aliphatic rings. The lowest BCUT2D eigenvalue weighted by molar-refractivity contribution is -0.121. The van der Waals surface area contributed by atoms with Crippen LogP contribution < -0.4 is 10.6 Å². The number of thioether (sulfide) groups is 1. The number of carbonyl (C=O) groups excluding carboxylic acids is 2. The van der Waals surface area contributed by atoms with Crippen molar-refractivity contribution in [3.63, 3.8) is 0 Å². The van der Waals surface area contributed by atoms with Crippen molar-refractivity contribution in [3.05, 3.63) is 64.7 Å². The van der Waals surface area contributed by atoms with Crippen LogP contribution in [-0.4, -0.2) is 24.1 Å². The molecule has 0 spiro atoms. The lowest BCUT2D eigenvalue weighted by atomic mass is 10.0. The summed E-state index contributed by atoms with van der Waals surface area (Å²) in [4.78, 5) is 25.5. The molecule has 1 atom stereocenters. The molecular weight excluding hydrogens is 356 g/mol. The average Bonchev–Trinajstić information content (AvgIpc) is 2.62. The van der Waals surface area contributed by atoms with E-state index in [2.05, 4.69) is 22.8 Å². The van der Waals surface area contributed by atoms with Crippen LogP contribution in [0.15, 0.2) is 53.4 Å². The third-order valence-corrected chi connectivity index (χ3v) is 5.50. The summed E-state index contributed by atoms with van der Waals surface area (Å²) < 4.78 is 0. The van der Waals surface area contributed by atoms with E-state index in [-0.39, 0.29) is 30.8 Å². The van der Waals surface area contributed by atoms with Crippen LogP contribution in [0.5, 0.6) is 0 Å². The molecule has 0 aliphatic carbocycles. The number of benzene rings is 2. The molecule has 0 bridgehead atoms. The molecule has 25 heavy (non-hydrogen) atoms. The minimum atomic E-state index is -0.266. The van der Waals surface area contributed by atoms with Crippen LogP contribution in [0.2, 0.25) is 5.02 Å². The van der Waals surface area contributed by atoms with E-state index in [9.17, 15) is 9.59 Å². The Kier molecular flexibility index (Phi) is 6.00. The molecule has 130 valence electrons. The number of hydrogen-bond acceptors (Lipinski definition) is 3. The maximum Gasteiger partial charge on any atom is 0.252 e. The van der Waals surface area contributed by atoms with Crippen molar-refractivity contribution in [1.29, 1.82) is 0 Å². The van der Waals surface area contributed by atoms with Crippen LogP contribution in [0.25, 0.3) is 0 Å². The monoisotopic (exact) mass is 374 g/mol. The van der Waals surface area contributed by atoms with E-state index < -0.39 is 0 Å². The average molecular weight is 375 g/mol. The number of hydrogen-bond donors (Lipinski definition) is 2. The zero-order chi connectivity index (χ0) is 17.6. The molecule has 4 nitrogen and oxygen atoms in total. The molecule has 0 saturated carbocycles. The highest BCUT2D eigenvalue weighted by atomic mass is 35.5. The third kappa shape index (κ3) is 4.55. The standard InChI is InChI=1S/C19H19ClN2O2S/c20-15-7-3-1-5-13(15)19(24)21-11-9-18(23)22-16-10-12-25-17-8-4-2-6-14(16)17/h1-8,16H,9-12H2,(H,21,24)(H,22,23)/t16-/m1/s1. The molecule has 6 heteroatoms. The first-order valence-electron chi connectivity index (χ1n) is 8.19. The van der Waals surface area contributed by atoms with E-state index in [1.54, 1.807) is 24.3 Å². The summed E-state index contributed by atoms with van der Waals surface area (Å²) in [7, 11) is 0. The third-order valence-electron chi connectivity index (χ3n) is 4.05. The quantitative estimate of drug-likeness (QED) is 0.836. The van der Waals surface area contributed by atoms with Crippen LogP contribution in [-0.2, 0) is 4.79 Å². The second-order valence-electron chi connectivity index (χ2n) is 5.78. The fourth-order valence-corrected chi connectivity index (χ4v) is 4.14. The van der Waals surface area contributed by atoms with Gasteiger partial charge in [-0.1, -0.05) is 41.9 Å². The van der Waals surface area contributed by atoms with Gasteiger partial charge in [0.05, 0.1) is 16.6 Å². The van der Waals surface area contributed by atoms with Gasteiger partial charge in [-0.3, -0.25) is 9.59 Å². The fraction of sp³-hybridized carbons (Fsp3) is 0.263. The van der Waals surface area contributed by atoms with E-state index in [0.717, 1.165) is 12.2 Å². The summed E-state index contributed by atoms with van der Waals surface area (Å²) in [5.74, 6) is 0.662. The lowest BCUT2D eigenvalue weighted by Crippen LogP contribution is -2.34. The zero-order valence-electron chi connectivity index (χ0n) is 13.6. The van der Waals surface area contributed by atoms with Gasteiger partial charge in [0.25, 0.3) is 5.91 Å². The van der Waals surface area contributed by atoms with Crippen LogP contribution in [0, 0.1) is 0 Å². The first-order valence-corrected chi connectivity index (χ1v) is 9.55. The fourth-order valence-electron chi connectivity index (χ4n) is 2.79. The number of amides is 2. The Morgan fingerprint density at radius 1 is 1.12 bits per heavy atom. The molecule has 0 unspecified atom stereocenters. The predicted octanol–water partition coefficient (Wildman–Crippen LogP) is 3.81. The SMILES string of the molecule is O=C(CCNC(=O)c1ccccc1Cl)N[C@@H]1CCSc2ccccc21. The Balaban J connectivity index is 1.49. The second-order valence-corrected chi connectivity index (χ2v) is 7.32. The Labute approximate surface area is 156 Å². The number of carbonyl (C=O) groups is 2. The lowest BCUT2D eigenvalue weighted by Gasteiger charge is -2.25. The maximum absolute atomic E-state index is 12.2. The van der Waals surface area contributed by atoms with Crippen molar-refractivity contribution in [2.75, 3.05) is 12.3 Å². The minimum absolute atomic E-state index is 0.0456. The van der Waals surface area contributed by atoms with Gasteiger partial charge < -0.3 is 10.6 Å². The smallest absolute Gasteiger partial charge is 0.252 e. The molecule has 3 rings (SSSR count). The topological polar surface area (TPSA) is 58.2 Å². The summed E-state index contributed by atoms with van der Waals surface area (Å²) in [6, 6.07) is 15.1. The van der Waals surface area contributed by atoms with Crippen molar-refractivity contribution in [2.45, 2.75) is 23.8 Å². The summed E-state index contributed by atoms with van der Waals surface area (Å²) in [5, 5.41) is 6.21. The van der Waals surface area contributed by atoms with Crippen LogP contribution in [0.1, 0.15) is 34.8 Å². The zero-order valence-corrected chi connectivity index (χ0v) is 15.2. The highest BCUT2D eigenvalue weighted by Gasteiger charge is 2.21. The normalized spacial score (nSPS) is 16.0. The minimum Gasteiger partial charge on any atom is -0.351 e. The molecule has 0 fully saturated rings. The van der Waals surface area contributed by atoms with Crippen LogP contribution >= 0.6 is 23.4 Å². The Hall–Kier alpha value is -1.98. The van der Waals surface area contributed by atoms with Crippen LogP contribution in [0.4, 0.5) is 0 Å². The van der Waals surface area contributed by atoms with Gasteiger partial charge in [-0.15, -0.1) is 11.8 Å². The predicted molar refractivity (Wildman–Crippen MR) is 101 cm³/mol. The highest BCUT2D eigenvalue weighted by molar-refractivity contribution is 7.99. The molecule has 0 saturated heterocycles. The van der Waals surface area contributed by atoms with Crippen molar-refractivity contribution in [1.82, 2.24) is 10.6 Å². The number of halogens is 1. The van der Waals surface area contributed by atoms with Crippen LogP contribution in [0.3, 0.4) is 0 Å². The molecule has 1 aliphatic heterocycles. The number of fused-ring (bicyclic) bond motifs is 1. The molecule has 2 aromatic rings. The van der Waals surface area contributed by atoms with Gasteiger partial charge in [-0.05, 0) is 30.2 Å². The van der Waals surface area contributed by atoms with Gasteiger partial charge in [0.15, 0.2) is 0 Å². The Bertz CT molecular complexity index is 782. The van der Waals surface area contributed by atoms with Gasteiger partial charge in [0, 0.05) is 23.6 Å². The first-order chi connectivity index (χ1) is 12.1. The molecular formula is C19H19ClN2O2S. The highest BCUT2D eigenvalue weighted by Crippen LogP contribution is 2.35. The van der Waals surface area contributed by atoms with Crippen molar-refractivity contribution < 1.29 is 9.59 Å². The van der Waals surface area contributed by atoms with E-state index in [4.69, 9.17) is 11.6 Å². The van der Waals surface area contributed by atoms with Gasteiger partial charge in [0.1, 0.15) is 0 Å². The second kappa shape index (κ2) is 8.41. The largest absolute Gasteiger partial charge is 0.351 e. The number of nitrogens with one attached hydrogen (secondary N) is 2. The Morgan fingerprint density at radius 2 is 1.88 bits per heavy atom. The van der Waals surface area contributed by atoms with E-state index in [1.807, 2.05) is 23.9 Å². The number of rotatable bonds is 5. The summed E-state index contributed by atoms with van der Waals surface area (Å²) in [6.45, 7) is 0.277. The summed E-state index contributed by atoms with van der Waals surface area (Å²) >= 11 is 7.81. The van der Waals surface area contributed by atoms with Crippen molar-refractivity contribution >= 4 is 35.2 Å². The molecule has 2 aromatic carbocycles. The van der Waals surface area contributed by atoms with E-state index in [1.165, 1.54) is 10.5 Å².